The van der Waals surface area contributed by atoms with E-state index in [9.17, 15) is 4.79 Å². The summed E-state index contributed by atoms with van der Waals surface area (Å²) in [6.07, 6.45) is 4.34. The third kappa shape index (κ3) is 2.84. The molecule has 1 aliphatic heterocycles. The molecule has 3 aromatic rings. The number of amides is 1. The Morgan fingerprint density at radius 2 is 1.68 bits per heavy atom. The molecule has 0 radical (unpaired) electrons. The summed E-state index contributed by atoms with van der Waals surface area (Å²) in [5, 5.41) is 1.36. The second-order valence-electron chi connectivity index (χ2n) is 7.09. The number of carbonyl (C=O) groups is 1. The molecule has 25 heavy (non-hydrogen) atoms. The summed E-state index contributed by atoms with van der Waals surface area (Å²) >= 11 is 0. The van der Waals surface area contributed by atoms with Gasteiger partial charge in [0.2, 0.25) is 0 Å². The molecule has 3 heteroatoms. The van der Waals surface area contributed by atoms with Gasteiger partial charge in [-0.25, -0.2) is 0 Å². The average Bonchev–Trinajstić information content (AvgIpc) is 2.99. The van der Waals surface area contributed by atoms with Crippen LogP contribution in [0.15, 0.2) is 54.7 Å². The van der Waals surface area contributed by atoms with Gasteiger partial charge in [0, 0.05) is 42.8 Å². The largest absolute Gasteiger partial charge is 0.350 e. The fourth-order valence-electron chi connectivity index (χ4n) is 4.08. The molecule has 1 aromatic heterocycles. The molecule has 1 saturated heterocycles. The van der Waals surface area contributed by atoms with Gasteiger partial charge in [0.25, 0.3) is 5.91 Å². The van der Waals surface area contributed by atoms with Crippen molar-refractivity contribution in [1.29, 1.82) is 0 Å². The van der Waals surface area contributed by atoms with Crippen LogP contribution in [-0.4, -0.2) is 28.5 Å². The highest BCUT2D eigenvalue weighted by atomic mass is 16.2. The number of carbonyl (C=O) groups excluding carboxylic acids is 1. The number of aryl methyl sites for hydroxylation is 2. The molecule has 0 saturated carbocycles. The van der Waals surface area contributed by atoms with E-state index >= 15 is 0 Å². The molecule has 1 fully saturated rings. The van der Waals surface area contributed by atoms with Crippen LogP contribution in [0.25, 0.3) is 10.9 Å². The van der Waals surface area contributed by atoms with Crippen LogP contribution in [0, 0.1) is 6.92 Å². The molecule has 0 atom stereocenters. The molecule has 128 valence electrons. The molecule has 0 unspecified atom stereocenters. The Balaban J connectivity index is 1.52. The Bertz CT molecular complexity index is 917. The van der Waals surface area contributed by atoms with Crippen molar-refractivity contribution in [3.8, 4) is 0 Å². The van der Waals surface area contributed by atoms with Crippen molar-refractivity contribution in [3.05, 3.63) is 71.4 Å². The van der Waals surface area contributed by atoms with Crippen LogP contribution >= 0.6 is 0 Å². The van der Waals surface area contributed by atoms with E-state index in [1.54, 1.807) is 0 Å². The van der Waals surface area contributed by atoms with Gasteiger partial charge >= 0.3 is 0 Å². The zero-order valence-electron chi connectivity index (χ0n) is 14.9. The quantitative estimate of drug-likeness (QED) is 0.678. The van der Waals surface area contributed by atoms with E-state index < -0.39 is 0 Å². The Labute approximate surface area is 148 Å². The number of likely N-dealkylation sites (tertiary alicyclic amines) is 1. The summed E-state index contributed by atoms with van der Waals surface area (Å²) in [6.45, 7) is 3.68. The summed E-state index contributed by atoms with van der Waals surface area (Å²) in [5.41, 5.74) is 4.62. The maximum atomic E-state index is 12.8. The smallest absolute Gasteiger partial charge is 0.254 e. The first kappa shape index (κ1) is 15.9. The van der Waals surface area contributed by atoms with Crippen LogP contribution < -0.4 is 0 Å². The lowest BCUT2D eigenvalue weighted by atomic mass is 9.89. The van der Waals surface area contributed by atoms with Gasteiger partial charge < -0.3 is 9.47 Å². The Kier molecular flexibility index (Phi) is 4.08. The lowest BCUT2D eigenvalue weighted by Crippen LogP contribution is -2.38. The summed E-state index contributed by atoms with van der Waals surface area (Å²) in [6, 6.07) is 16.5. The lowest BCUT2D eigenvalue weighted by Gasteiger charge is -2.32. The normalized spacial score (nSPS) is 15.7. The number of fused-ring (bicyclic) bond motifs is 1. The number of benzene rings is 2. The topological polar surface area (TPSA) is 25.2 Å². The van der Waals surface area contributed by atoms with Gasteiger partial charge in [-0.05, 0) is 48.9 Å². The van der Waals surface area contributed by atoms with Crippen LogP contribution in [0.4, 0.5) is 0 Å². The predicted molar refractivity (Wildman–Crippen MR) is 102 cm³/mol. The van der Waals surface area contributed by atoms with Crippen molar-refractivity contribution >= 4 is 16.8 Å². The fourth-order valence-corrected chi connectivity index (χ4v) is 4.08. The van der Waals surface area contributed by atoms with E-state index in [1.165, 1.54) is 16.5 Å². The molecule has 0 bridgehead atoms. The minimum absolute atomic E-state index is 0.175. The van der Waals surface area contributed by atoms with Crippen molar-refractivity contribution in [2.75, 3.05) is 13.1 Å². The Hall–Kier alpha value is -2.55. The second kappa shape index (κ2) is 6.40. The van der Waals surface area contributed by atoms with Crippen molar-refractivity contribution in [3.63, 3.8) is 0 Å². The molecule has 2 aromatic carbocycles. The highest BCUT2D eigenvalue weighted by Gasteiger charge is 2.26. The van der Waals surface area contributed by atoms with E-state index in [1.807, 2.05) is 36.1 Å². The van der Waals surface area contributed by atoms with Crippen LogP contribution in [0.2, 0.25) is 0 Å². The number of piperidine rings is 1. The fraction of sp³-hybridized carbons (Fsp3) is 0.318. The number of aromatic nitrogens is 1. The molecular formula is C22H24N2O. The van der Waals surface area contributed by atoms with E-state index in [-0.39, 0.29) is 5.91 Å². The summed E-state index contributed by atoms with van der Waals surface area (Å²) in [4.78, 5) is 14.8. The number of para-hydroxylation sites is 1. The highest BCUT2D eigenvalue weighted by molar-refractivity contribution is 5.95. The molecule has 4 rings (SSSR count). The van der Waals surface area contributed by atoms with Crippen LogP contribution in [0.3, 0.4) is 0 Å². The zero-order valence-corrected chi connectivity index (χ0v) is 14.9. The van der Waals surface area contributed by atoms with Gasteiger partial charge in [-0.1, -0.05) is 36.4 Å². The van der Waals surface area contributed by atoms with Crippen LogP contribution in [-0.2, 0) is 7.05 Å². The third-order valence-electron chi connectivity index (χ3n) is 5.53. The molecule has 0 aliphatic carbocycles. The monoisotopic (exact) mass is 332 g/mol. The SMILES string of the molecule is Cc1ccccc1C(=O)N1CCC(c2cn(C)c3ccccc23)CC1. The van der Waals surface area contributed by atoms with E-state index in [0.29, 0.717) is 5.92 Å². The molecule has 0 spiro atoms. The van der Waals surface area contributed by atoms with Gasteiger partial charge in [-0.3, -0.25) is 4.79 Å². The summed E-state index contributed by atoms with van der Waals surface area (Å²) in [7, 11) is 2.11. The summed E-state index contributed by atoms with van der Waals surface area (Å²) < 4.78 is 2.22. The van der Waals surface area contributed by atoms with Crippen molar-refractivity contribution < 1.29 is 4.79 Å². The zero-order chi connectivity index (χ0) is 17.4. The molecule has 1 aliphatic rings. The van der Waals surface area contributed by atoms with Gasteiger partial charge in [0.1, 0.15) is 0 Å². The Morgan fingerprint density at radius 1 is 1.00 bits per heavy atom. The second-order valence-corrected chi connectivity index (χ2v) is 7.09. The van der Waals surface area contributed by atoms with Gasteiger partial charge in [-0.15, -0.1) is 0 Å². The first-order chi connectivity index (χ1) is 12.1. The third-order valence-corrected chi connectivity index (χ3v) is 5.53. The maximum absolute atomic E-state index is 12.8. The molecular weight excluding hydrogens is 308 g/mol. The standard InChI is InChI=1S/C22H24N2O/c1-16-7-3-4-8-18(16)22(25)24-13-11-17(12-14-24)20-15-23(2)21-10-6-5-9-19(20)21/h3-10,15,17H,11-14H2,1-2H3. The van der Waals surface area contributed by atoms with Crippen molar-refractivity contribution in [1.82, 2.24) is 9.47 Å². The number of hydrogen-bond acceptors (Lipinski definition) is 1. The lowest BCUT2D eigenvalue weighted by molar-refractivity contribution is 0.0712. The average molecular weight is 332 g/mol. The minimum Gasteiger partial charge on any atom is -0.350 e. The van der Waals surface area contributed by atoms with Gasteiger partial charge in [-0.2, -0.15) is 0 Å². The molecule has 1 amide bonds. The summed E-state index contributed by atoms with van der Waals surface area (Å²) in [5.74, 6) is 0.710. The van der Waals surface area contributed by atoms with E-state index in [0.717, 1.165) is 37.1 Å². The molecule has 0 N–H and O–H groups in total. The highest BCUT2D eigenvalue weighted by Crippen LogP contribution is 2.34. The first-order valence-electron chi connectivity index (χ1n) is 9.04. The number of rotatable bonds is 2. The minimum atomic E-state index is 0.175. The van der Waals surface area contributed by atoms with Gasteiger partial charge in [0.05, 0.1) is 0 Å². The van der Waals surface area contributed by atoms with Crippen molar-refractivity contribution in [2.45, 2.75) is 25.7 Å². The maximum Gasteiger partial charge on any atom is 0.254 e. The van der Waals surface area contributed by atoms with Crippen molar-refractivity contribution in [2.24, 2.45) is 7.05 Å². The van der Waals surface area contributed by atoms with Crippen LogP contribution in [0.1, 0.15) is 40.2 Å². The van der Waals surface area contributed by atoms with E-state index in [4.69, 9.17) is 0 Å². The van der Waals surface area contributed by atoms with Gasteiger partial charge in [0.15, 0.2) is 0 Å². The predicted octanol–water partition coefficient (Wildman–Crippen LogP) is 4.51. The number of hydrogen-bond donors (Lipinski definition) is 0. The Morgan fingerprint density at radius 3 is 2.44 bits per heavy atom. The first-order valence-corrected chi connectivity index (χ1v) is 9.04. The molecule has 3 nitrogen and oxygen atoms in total. The molecule has 2 heterocycles. The number of nitrogens with zero attached hydrogens (tertiary/aromatic N) is 2. The van der Waals surface area contributed by atoms with Crippen LogP contribution in [0.5, 0.6) is 0 Å². The van der Waals surface area contributed by atoms with E-state index in [2.05, 4.69) is 42.1 Å².